The van der Waals surface area contributed by atoms with E-state index in [-0.39, 0.29) is 11.7 Å². The number of rotatable bonds is 6. The highest BCUT2D eigenvalue weighted by atomic mass is 16.5. The van der Waals surface area contributed by atoms with Crippen LogP contribution in [-0.4, -0.2) is 18.5 Å². The fraction of sp³-hybridized carbons (Fsp3) is 0.0909. The minimum atomic E-state index is -0.407. The van der Waals surface area contributed by atoms with Crippen LogP contribution in [0.5, 0.6) is 0 Å². The van der Waals surface area contributed by atoms with Crippen LogP contribution >= 0.6 is 0 Å². The predicted molar refractivity (Wildman–Crippen MR) is 104 cm³/mol. The fourth-order valence-electron chi connectivity index (χ4n) is 2.48. The van der Waals surface area contributed by atoms with Crippen molar-refractivity contribution < 1.29 is 18.7 Å². The second kappa shape index (κ2) is 8.67. The van der Waals surface area contributed by atoms with E-state index < -0.39 is 5.97 Å². The zero-order valence-corrected chi connectivity index (χ0v) is 14.8. The molecule has 1 heterocycles. The average molecular weight is 361 g/mol. The third kappa shape index (κ3) is 4.95. The van der Waals surface area contributed by atoms with Crippen molar-refractivity contribution in [1.82, 2.24) is 0 Å². The van der Waals surface area contributed by atoms with Crippen molar-refractivity contribution in [3.63, 3.8) is 0 Å². The van der Waals surface area contributed by atoms with Crippen LogP contribution in [0.3, 0.4) is 0 Å². The minimum absolute atomic E-state index is 0.223. The molecule has 0 aliphatic heterocycles. The van der Waals surface area contributed by atoms with Gasteiger partial charge < -0.3 is 14.5 Å². The van der Waals surface area contributed by atoms with Crippen LogP contribution in [0.2, 0.25) is 0 Å². The molecule has 0 bridgehead atoms. The second-order valence-corrected chi connectivity index (χ2v) is 5.69. The number of carbonyl (C=O) groups excluding carboxylic acids is 2. The Balaban J connectivity index is 1.69. The van der Waals surface area contributed by atoms with E-state index in [4.69, 9.17) is 9.15 Å². The summed E-state index contributed by atoms with van der Waals surface area (Å²) in [4.78, 5) is 23.8. The van der Waals surface area contributed by atoms with Crippen LogP contribution in [0.1, 0.15) is 23.0 Å². The van der Waals surface area contributed by atoms with Gasteiger partial charge in [0.05, 0.1) is 6.61 Å². The molecule has 0 spiro atoms. The number of amides is 1. The maximum absolute atomic E-state index is 12.4. The van der Waals surface area contributed by atoms with E-state index in [0.29, 0.717) is 18.1 Å². The summed E-state index contributed by atoms with van der Waals surface area (Å²) in [5, 5.41) is 2.79. The van der Waals surface area contributed by atoms with Crippen LogP contribution in [-0.2, 0) is 9.53 Å². The highest BCUT2D eigenvalue weighted by Gasteiger charge is 2.12. The normalized spacial score (nSPS) is 10.7. The van der Waals surface area contributed by atoms with Crippen LogP contribution < -0.4 is 5.32 Å². The number of ether oxygens (including phenoxy) is 1. The molecule has 1 N–H and O–H groups in total. The Morgan fingerprint density at radius 2 is 1.85 bits per heavy atom. The zero-order valence-electron chi connectivity index (χ0n) is 14.8. The molecule has 0 atom stereocenters. The van der Waals surface area contributed by atoms with Gasteiger partial charge in [-0.25, -0.2) is 4.79 Å². The molecule has 1 aromatic heterocycles. The summed E-state index contributed by atoms with van der Waals surface area (Å²) in [5.74, 6) is 0.105. The zero-order chi connectivity index (χ0) is 19.1. The van der Waals surface area contributed by atoms with Gasteiger partial charge in [0.1, 0.15) is 5.76 Å². The molecule has 27 heavy (non-hydrogen) atoms. The Bertz CT molecular complexity index is 957. The van der Waals surface area contributed by atoms with Gasteiger partial charge in [-0.15, -0.1) is 0 Å². The summed E-state index contributed by atoms with van der Waals surface area (Å²) in [6.07, 6.45) is 2.98. The van der Waals surface area contributed by atoms with Crippen molar-refractivity contribution in [2.24, 2.45) is 0 Å². The summed E-state index contributed by atoms with van der Waals surface area (Å²) >= 11 is 0. The topological polar surface area (TPSA) is 68.5 Å². The fourth-order valence-corrected chi connectivity index (χ4v) is 2.48. The van der Waals surface area contributed by atoms with E-state index in [9.17, 15) is 9.59 Å². The summed E-state index contributed by atoms with van der Waals surface area (Å²) in [6, 6.07) is 20.1. The first-order valence-electron chi connectivity index (χ1n) is 8.57. The third-order valence-electron chi connectivity index (χ3n) is 3.73. The molecule has 1 amide bonds. The lowest BCUT2D eigenvalue weighted by molar-refractivity contribution is -0.137. The number of hydrogen-bond acceptors (Lipinski definition) is 4. The van der Waals surface area contributed by atoms with E-state index in [1.165, 1.54) is 6.08 Å². The van der Waals surface area contributed by atoms with Crippen molar-refractivity contribution in [3.05, 3.63) is 84.1 Å². The van der Waals surface area contributed by atoms with Crippen molar-refractivity contribution in [3.8, 4) is 11.3 Å². The standard InChI is InChI=1S/C22H19NO4/c1-2-26-21(24)14-11-16-7-6-10-18(15-16)23-22(25)20-13-12-19(27-20)17-8-4-3-5-9-17/h3-15H,2H2,1H3,(H,23,25). The Labute approximate surface area is 157 Å². The average Bonchev–Trinajstić information content (AvgIpc) is 3.18. The Kier molecular flexibility index (Phi) is 5.84. The van der Waals surface area contributed by atoms with E-state index in [1.807, 2.05) is 36.4 Å². The molecular weight excluding hydrogens is 342 g/mol. The lowest BCUT2D eigenvalue weighted by Gasteiger charge is -2.04. The van der Waals surface area contributed by atoms with Gasteiger partial charge in [0, 0.05) is 17.3 Å². The van der Waals surface area contributed by atoms with Gasteiger partial charge in [-0.2, -0.15) is 0 Å². The molecule has 0 fully saturated rings. The minimum Gasteiger partial charge on any atom is -0.463 e. The van der Waals surface area contributed by atoms with Gasteiger partial charge in [0.2, 0.25) is 0 Å². The van der Waals surface area contributed by atoms with Gasteiger partial charge >= 0.3 is 5.97 Å². The van der Waals surface area contributed by atoms with Crippen molar-refractivity contribution >= 4 is 23.6 Å². The molecule has 0 aliphatic carbocycles. The molecule has 3 rings (SSSR count). The number of anilines is 1. The molecule has 3 aromatic rings. The van der Waals surface area contributed by atoms with Crippen molar-refractivity contribution in [2.75, 3.05) is 11.9 Å². The molecule has 5 heteroatoms. The van der Waals surface area contributed by atoms with Crippen molar-refractivity contribution in [2.45, 2.75) is 6.92 Å². The Morgan fingerprint density at radius 1 is 1.04 bits per heavy atom. The lowest BCUT2D eigenvalue weighted by Crippen LogP contribution is -2.10. The Morgan fingerprint density at radius 3 is 2.63 bits per heavy atom. The third-order valence-corrected chi connectivity index (χ3v) is 3.73. The number of carbonyl (C=O) groups is 2. The molecule has 0 unspecified atom stereocenters. The maximum atomic E-state index is 12.4. The summed E-state index contributed by atoms with van der Waals surface area (Å²) in [6.45, 7) is 2.08. The maximum Gasteiger partial charge on any atom is 0.330 e. The number of esters is 1. The first-order chi connectivity index (χ1) is 13.2. The van der Waals surface area contributed by atoms with Crippen LogP contribution in [0, 0.1) is 0 Å². The van der Waals surface area contributed by atoms with E-state index in [1.54, 1.807) is 43.3 Å². The molecule has 0 saturated carbocycles. The monoisotopic (exact) mass is 361 g/mol. The number of hydrogen-bond donors (Lipinski definition) is 1. The molecule has 0 radical (unpaired) electrons. The quantitative estimate of drug-likeness (QED) is 0.507. The molecular formula is C22H19NO4. The second-order valence-electron chi connectivity index (χ2n) is 5.69. The summed E-state index contributed by atoms with van der Waals surface area (Å²) in [7, 11) is 0. The van der Waals surface area contributed by atoms with Crippen LogP contribution in [0.15, 0.2) is 77.2 Å². The SMILES string of the molecule is CCOC(=O)C=Cc1cccc(NC(=O)c2ccc(-c3ccccc3)o2)c1. The lowest BCUT2D eigenvalue weighted by atomic mass is 10.2. The van der Waals surface area contributed by atoms with E-state index in [2.05, 4.69) is 5.32 Å². The largest absolute Gasteiger partial charge is 0.463 e. The van der Waals surface area contributed by atoms with Crippen LogP contribution in [0.25, 0.3) is 17.4 Å². The number of furan rings is 1. The highest BCUT2D eigenvalue weighted by Crippen LogP contribution is 2.22. The molecule has 136 valence electrons. The first-order valence-corrected chi connectivity index (χ1v) is 8.57. The molecule has 5 nitrogen and oxygen atoms in total. The van der Waals surface area contributed by atoms with Crippen molar-refractivity contribution in [1.29, 1.82) is 0 Å². The van der Waals surface area contributed by atoms with Gasteiger partial charge in [0.15, 0.2) is 5.76 Å². The molecule has 0 saturated heterocycles. The van der Waals surface area contributed by atoms with Gasteiger partial charge in [-0.3, -0.25) is 4.79 Å². The molecule has 0 aliphatic rings. The van der Waals surface area contributed by atoms with E-state index >= 15 is 0 Å². The van der Waals surface area contributed by atoms with Crippen LogP contribution in [0.4, 0.5) is 5.69 Å². The summed E-state index contributed by atoms with van der Waals surface area (Å²) in [5.41, 5.74) is 2.27. The van der Waals surface area contributed by atoms with Gasteiger partial charge in [-0.05, 0) is 42.8 Å². The summed E-state index contributed by atoms with van der Waals surface area (Å²) < 4.78 is 10.5. The highest BCUT2D eigenvalue weighted by molar-refractivity contribution is 6.02. The number of benzene rings is 2. The van der Waals surface area contributed by atoms with Gasteiger partial charge in [0.25, 0.3) is 5.91 Å². The smallest absolute Gasteiger partial charge is 0.330 e. The number of nitrogens with one attached hydrogen (secondary N) is 1. The molecule has 2 aromatic carbocycles. The van der Waals surface area contributed by atoms with Gasteiger partial charge in [-0.1, -0.05) is 42.5 Å². The first kappa shape index (κ1) is 18.2. The van der Waals surface area contributed by atoms with E-state index in [0.717, 1.165) is 11.1 Å². The predicted octanol–water partition coefficient (Wildman–Crippen LogP) is 4.78. The Hall–Kier alpha value is -3.60.